The van der Waals surface area contributed by atoms with Gasteiger partial charge in [-0.05, 0) is 36.1 Å². The average molecular weight is 401 g/mol. The van der Waals surface area contributed by atoms with E-state index in [0.29, 0.717) is 16.1 Å². The van der Waals surface area contributed by atoms with Gasteiger partial charge in [0.05, 0.1) is 16.6 Å². The molecule has 0 bridgehead atoms. The molecule has 0 unspecified atom stereocenters. The van der Waals surface area contributed by atoms with Gasteiger partial charge in [0.2, 0.25) is 5.91 Å². The van der Waals surface area contributed by atoms with Gasteiger partial charge in [0.1, 0.15) is 6.54 Å². The van der Waals surface area contributed by atoms with Crippen LogP contribution < -0.4 is 9.62 Å². The van der Waals surface area contributed by atoms with Gasteiger partial charge in [0.25, 0.3) is 10.0 Å². The summed E-state index contributed by atoms with van der Waals surface area (Å²) in [5, 5.41) is 4.88. The summed E-state index contributed by atoms with van der Waals surface area (Å²) >= 11 is 6.18. The highest BCUT2D eigenvalue weighted by atomic mass is 35.5. The van der Waals surface area contributed by atoms with Crippen LogP contribution >= 0.6 is 11.6 Å². The Morgan fingerprint density at radius 1 is 1.07 bits per heavy atom. The molecule has 27 heavy (non-hydrogen) atoms. The predicted octanol–water partition coefficient (Wildman–Crippen LogP) is 3.88. The Bertz CT molecular complexity index is 1160. The van der Waals surface area contributed by atoms with E-state index in [2.05, 4.69) is 5.32 Å². The monoisotopic (exact) mass is 400 g/mol. The zero-order chi connectivity index (χ0) is 19.2. The lowest BCUT2D eigenvalue weighted by atomic mass is 10.1. The first-order valence-electron chi connectivity index (χ1n) is 8.48. The minimum Gasteiger partial charge on any atom is -0.348 e. The van der Waals surface area contributed by atoms with Crippen LogP contribution in [0.4, 0.5) is 5.69 Å². The minimum absolute atomic E-state index is 0.238. The van der Waals surface area contributed by atoms with Crippen molar-refractivity contribution >= 4 is 44.0 Å². The minimum atomic E-state index is -3.76. The molecule has 5 nitrogen and oxygen atoms in total. The van der Waals surface area contributed by atoms with Gasteiger partial charge >= 0.3 is 0 Å². The largest absolute Gasteiger partial charge is 0.348 e. The van der Waals surface area contributed by atoms with Crippen molar-refractivity contribution in [1.82, 2.24) is 5.32 Å². The quantitative estimate of drug-likeness (QED) is 0.722. The van der Waals surface area contributed by atoms with E-state index in [4.69, 9.17) is 11.6 Å². The van der Waals surface area contributed by atoms with Gasteiger partial charge < -0.3 is 5.32 Å². The maximum absolute atomic E-state index is 12.9. The van der Waals surface area contributed by atoms with Gasteiger partial charge in [-0.15, -0.1) is 0 Å². The smallest absolute Gasteiger partial charge is 0.265 e. The summed E-state index contributed by atoms with van der Waals surface area (Å²) in [6, 6.07) is 17.4. The highest BCUT2D eigenvalue weighted by Crippen LogP contribution is 2.41. The maximum atomic E-state index is 12.9. The van der Waals surface area contributed by atoms with E-state index in [1.54, 1.807) is 30.3 Å². The molecular weight excluding hydrogens is 384 g/mol. The fraction of sp³-hybridized carbons (Fsp3) is 0.150. The maximum Gasteiger partial charge on any atom is 0.265 e. The SMILES string of the molecule is C[C@@H](NC(=O)CN1c2cccc3cccc(c23)S1(=O)=O)c1ccccc1Cl. The molecule has 3 aromatic rings. The topological polar surface area (TPSA) is 66.5 Å². The Morgan fingerprint density at radius 2 is 1.78 bits per heavy atom. The zero-order valence-electron chi connectivity index (χ0n) is 14.5. The molecule has 1 aliphatic heterocycles. The van der Waals surface area contributed by atoms with E-state index in [0.717, 1.165) is 10.9 Å². The molecule has 3 aromatic carbocycles. The second-order valence-corrected chi connectivity index (χ2v) is 8.69. The highest BCUT2D eigenvalue weighted by Gasteiger charge is 2.36. The molecule has 7 heteroatoms. The van der Waals surface area contributed by atoms with Crippen molar-refractivity contribution in [1.29, 1.82) is 0 Å². The Labute approximate surface area is 162 Å². The zero-order valence-corrected chi connectivity index (χ0v) is 16.1. The third kappa shape index (κ3) is 2.95. The first-order chi connectivity index (χ1) is 12.9. The van der Waals surface area contributed by atoms with Crippen molar-refractivity contribution in [2.24, 2.45) is 0 Å². The van der Waals surface area contributed by atoms with Crippen molar-refractivity contribution in [2.75, 3.05) is 10.8 Å². The Morgan fingerprint density at radius 3 is 2.52 bits per heavy atom. The lowest BCUT2D eigenvalue weighted by molar-refractivity contribution is -0.120. The number of hydrogen-bond acceptors (Lipinski definition) is 3. The lowest BCUT2D eigenvalue weighted by Gasteiger charge is -2.21. The normalized spacial score (nSPS) is 15.7. The second kappa shape index (κ2) is 6.55. The number of hydrogen-bond donors (Lipinski definition) is 1. The van der Waals surface area contributed by atoms with Crippen LogP contribution in [0, 0.1) is 0 Å². The molecule has 0 saturated heterocycles. The van der Waals surface area contributed by atoms with Gasteiger partial charge in [-0.2, -0.15) is 0 Å². The Balaban J connectivity index is 1.61. The molecule has 1 atom stereocenters. The fourth-order valence-corrected chi connectivity index (χ4v) is 5.42. The summed E-state index contributed by atoms with van der Waals surface area (Å²) in [6.45, 7) is 1.53. The number of halogens is 1. The third-order valence-corrected chi connectivity index (χ3v) is 6.86. The molecular formula is C20H17ClN2O3S. The van der Waals surface area contributed by atoms with Crippen LogP contribution in [-0.4, -0.2) is 20.9 Å². The van der Waals surface area contributed by atoms with Gasteiger partial charge in [0.15, 0.2) is 0 Å². The van der Waals surface area contributed by atoms with Crippen LogP contribution in [0.3, 0.4) is 0 Å². The van der Waals surface area contributed by atoms with Crippen LogP contribution in [0.5, 0.6) is 0 Å². The summed E-state index contributed by atoms with van der Waals surface area (Å²) < 4.78 is 27.0. The molecule has 4 rings (SSSR count). The van der Waals surface area contributed by atoms with Crippen molar-refractivity contribution in [3.8, 4) is 0 Å². The number of amides is 1. The van der Waals surface area contributed by atoms with Crippen molar-refractivity contribution < 1.29 is 13.2 Å². The average Bonchev–Trinajstić information content (AvgIpc) is 2.85. The van der Waals surface area contributed by atoms with E-state index in [1.807, 2.05) is 37.3 Å². The summed E-state index contributed by atoms with van der Waals surface area (Å²) in [5.74, 6) is -0.393. The molecule has 1 amide bonds. The van der Waals surface area contributed by atoms with E-state index in [-0.39, 0.29) is 17.5 Å². The van der Waals surface area contributed by atoms with Crippen LogP contribution in [0.25, 0.3) is 10.8 Å². The van der Waals surface area contributed by atoms with Gasteiger partial charge in [-0.25, -0.2) is 8.42 Å². The molecule has 1 heterocycles. The van der Waals surface area contributed by atoms with E-state index >= 15 is 0 Å². The van der Waals surface area contributed by atoms with Crippen LogP contribution in [0.2, 0.25) is 5.02 Å². The molecule has 0 saturated carbocycles. The molecule has 138 valence electrons. The Kier molecular flexibility index (Phi) is 4.32. The van der Waals surface area contributed by atoms with Gasteiger partial charge in [-0.1, -0.05) is 54.1 Å². The summed E-state index contributed by atoms with van der Waals surface area (Å²) in [4.78, 5) is 12.8. The standard InChI is InChI=1S/C20H17ClN2O3S/c1-13(15-8-2-3-9-16(15)21)22-19(24)12-23-17-10-4-6-14-7-5-11-18(20(14)17)27(23,25)26/h2-11,13H,12H2,1H3,(H,22,24)/t13-/m1/s1. The van der Waals surface area contributed by atoms with E-state index < -0.39 is 15.9 Å². The highest BCUT2D eigenvalue weighted by molar-refractivity contribution is 7.93. The second-order valence-electron chi connectivity index (χ2n) is 6.45. The Hall–Kier alpha value is -2.57. The van der Waals surface area contributed by atoms with E-state index in [1.165, 1.54) is 4.31 Å². The molecule has 1 N–H and O–H groups in total. The van der Waals surface area contributed by atoms with Crippen molar-refractivity contribution in [3.63, 3.8) is 0 Å². The van der Waals surface area contributed by atoms with Crippen LogP contribution in [0.15, 0.2) is 65.6 Å². The third-order valence-electron chi connectivity index (χ3n) is 4.72. The van der Waals surface area contributed by atoms with Crippen molar-refractivity contribution in [3.05, 3.63) is 71.2 Å². The van der Waals surface area contributed by atoms with Crippen LogP contribution in [0.1, 0.15) is 18.5 Å². The molecule has 0 fully saturated rings. The van der Waals surface area contributed by atoms with Gasteiger partial charge in [-0.3, -0.25) is 9.10 Å². The number of benzene rings is 3. The summed E-state index contributed by atoms with van der Waals surface area (Å²) in [5.41, 5.74) is 1.31. The number of rotatable bonds is 4. The first kappa shape index (κ1) is 17.8. The molecule has 0 radical (unpaired) electrons. The number of nitrogens with one attached hydrogen (secondary N) is 1. The number of anilines is 1. The van der Waals surface area contributed by atoms with Crippen molar-refractivity contribution in [2.45, 2.75) is 17.9 Å². The molecule has 0 aliphatic carbocycles. The fourth-order valence-electron chi connectivity index (χ4n) is 3.45. The number of sulfonamides is 1. The summed E-state index contributed by atoms with van der Waals surface area (Å²) in [6.07, 6.45) is 0. The molecule has 1 aliphatic rings. The summed E-state index contributed by atoms with van der Waals surface area (Å²) in [7, 11) is -3.76. The lowest BCUT2D eigenvalue weighted by Crippen LogP contribution is -2.39. The van der Waals surface area contributed by atoms with E-state index in [9.17, 15) is 13.2 Å². The number of carbonyl (C=O) groups excluding carboxylic acids is 1. The number of nitrogens with zero attached hydrogens (tertiary/aromatic N) is 1. The molecule has 0 spiro atoms. The number of carbonyl (C=O) groups is 1. The van der Waals surface area contributed by atoms with Gasteiger partial charge in [0, 0.05) is 10.4 Å². The van der Waals surface area contributed by atoms with Crippen LogP contribution in [-0.2, 0) is 14.8 Å². The first-order valence-corrected chi connectivity index (χ1v) is 10.3. The molecule has 0 aromatic heterocycles. The predicted molar refractivity (Wildman–Crippen MR) is 106 cm³/mol.